The Labute approximate surface area is 248 Å². The second-order valence-electron chi connectivity index (χ2n) is 9.81. The van der Waals surface area contributed by atoms with Gasteiger partial charge >= 0.3 is 5.97 Å². The monoisotopic (exact) mass is 590 g/mol. The maximum atomic E-state index is 13.9. The van der Waals surface area contributed by atoms with Crippen molar-refractivity contribution in [1.29, 1.82) is 5.41 Å². The van der Waals surface area contributed by atoms with E-state index in [1.54, 1.807) is 47.1 Å². The van der Waals surface area contributed by atoms with Crippen molar-refractivity contribution in [1.82, 2.24) is 19.2 Å². The van der Waals surface area contributed by atoms with Gasteiger partial charge in [0.25, 0.3) is 11.5 Å². The SMILES string of the molecule is Cl.Cn1c(-c2ccc(-c3ccccn3)cc2)c(C(=O)N2CCC(OCC(=O)O)CC2)c(=O)n1-c1ccc(C(=N)N)cc1. The van der Waals surface area contributed by atoms with Crippen molar-refractivity contribution in [2.24, 2.45) is 12.8 Å². The van der Waals surface area contributed by atoms with E-state index in [-0.39, 0.29) is 36.5 Å². The summed E-state index contributed by atoms with van der Waals surface area (Å²) < 4.78 is 8.51. The zero-order valence-electron chi connectivity index (χ0n) is 22.9. The van der Waals surface area contributed by atoms with E-state index in [1.165, 1.54) is 4.68 Å². The maximum absolute atomic E-state index is 13.9. The molecule has 218 valence electrons. The van der Waals surface area contributed by atoms with E-state index < -0.39 is 17.4 Å². The third-order valence-corrected chi connectivity index (χ3v) is 7.19. The van der Waals surface area contributed by atoms with E-state index in [2.05, 4.69) is 4.98 Å². The summed E-state index contributed by atoms with van der Waals surface area (Å²) in [6.07, 6.45) is 2.40. The Morgan fingerprint density at radius 3 is 2.24 bits per heavy atom. The van der Waals surface area contributed by atoms with Crippen LogP contribution in [0.25, 0.3) is 28.2 Å². The summed E-state index contributed by atoms with van der Waals surface area (Å²) in [5.41, 5.74) is 9.07. The highest BCUT2D eigenvalue weighted by Crippen LogP contribution is 2.28. The molecule has 0 saturated carbocycles. The predicted molar refractivity (Wildman–Crippen MR) is 160 cm³/mol. The number of aliphatic carboxylic acids is 1. The number of amides is 1. The quantitative estimate of drug-likeness (QED) is 0.210. The third-order valence-electron chi connectivity index (χ3n) is 7.19. The van der Waals surface area contributed by atoms with Crippen LogP contribution in [0.2, 0.25) is 0 Å². The number of halogens is 1. The van der Waals surface area contributed by atoms with Crippen LogP contribution in [0.5, 0.6) is 0 Å². The van der Waals surface area contributed by atoms with Crippen LogP contribution in [0.1, 0.15) is 28.8 Å². The Hall–Kier alpha value is -4.74. The number of nitrogens with two attached hydrogens (primary N) is 1. The smallest absolute Gasteiger partial charge is 0.329 e. The first-order valence-electron chi connectivity index (χ1n) is 13.2. The lowest BCUT2D eigenvalue weighted by atomic mass is 10.0. The van der Waals surface area contributed by atoms with E-state index in [0.717, 1.165) is 11.3 Å². The van der Waals surface area contributed by atoms with Gasteiger partial charge in [-0.15, -0.1) is 12.4 Å². The first-order valence-corrected chi connectivity index (χ1v) is 13.2. The number of pyridine rings is 1. The number of aromatic nitrogens is 3. The van der Waals surface area contributed by atoms with Crippen LogP contribution in [0.3, 0.4) is 0 Å². The molecule has 2 aromatic carbocycles. The molecule has 0 radical (unpaired) electrons. The van der Waals surface area contributed by atoms with Crippen LogP contribution in [0, 0.1) is 5.41 Å². The number of hydrogen-bond acceptors (Lipinski definition) is 6. The fraction of sp³-hybridized carbons (Fsp3) is 0.233. The number of amidine groups is 1. The van der Waals surface area contributed by atoms with E-state index in [9.17, 15) is 14.4 Å². The molecule has 4 aromatic rings. The third kappa shape index (κ3) is 6.12. The van der Waals surface area contributed by atoms with Gasteiger partial charge in [-0.25, -0.2) is 9.48 Å². The maximum Gasteiger partial charge on any atom is 0.329 e. The molecule has 12 heteroatoms. The Kier molecular flexibility index (Phi) is 9.24. The molecule has 0 aliphatic carbocycles. The van der Waals surface area contributed by atoms with Crippen molar-refractivity contribution in [3.8, 4) is 28.2 Å². The lowest BCUT2D eigenvalue weighted by Gasteiger charge is -2.31. The highest BCUT2D eigenvalue weighted by Gasteiger charge is 2.32. The van der Waals surface area contributed by atoms with Crippen LogP contribution in [-0.4, -0.2) is 67.9 Å². The number of benzene rings is 2. The molecule has 1 aliphatic heterocycles. The molecule has 1 aliphatic rings. The number of likely N-dealkylation sites (tertiary alicyclic amines) is 1. The molecule has 42 heavy (non-hydrogen) atoms. The number of nitrogens with one attached hydrogen (secondary N) is 1. The normalized spacial score (nSPS) is 13.4. The van der Waals surface area contributed by atoms with Gasteiger partial charge in [-0.3, -0.25) is 24.7 Å². The van der Waals surface area contributed by atoms with Crippen LogP contribution < -0.4 is 11.3 Å². The first kappa shape index (κ1) is 30.2. The van der Waals surface area contributed by atoms with Crippen molar-refractivity contribution >= 4 is 30.1 Å². The van der Waals surface area contributed by atoms with Crippen molar-refractivity contribution in [2.45, 2.75) is 18.9 Å². The Morgan fingerprint density at radius 1 is 1.02 bits per heavy atom. The lowest BCUT2D eigenvalue weighted by molar-refractivity contribution is -0.145. The van der Waals surface area contributed by atoms with E-state index in [1.807, 2.05) is 42.5 Å². The molecular weight excluding hydrogens is 560 g/mol. The van der Waals surface area contributed by atoms with Crippen molar-refractivity contribution in [2.75, 3.05) is 19.7 Å². The first-order chi connectivity index (χ1) is 19.7. The number of carboxylic acids is 1. The fourth-order valence-electron chi connectivity index (χ4n) is 5.11. The number of nitrogen functional groups attached to an aromatic ring is 1. The van der Waals surface area contributed by atoms with E-state index >= 15 is 0 Å². The van der Waals surface area contributed by atoms with Gasteiger partial charge in [-0.1, -0.05) is 30.3 Å². The second-order valence-corrected chi connectivity index (χ2v) is 9.81. The average Bonchev–Trinajstić information content (AvgIpc) is 3.25. The molecule has 0 bridgehead atoms. The fourth-order valence-corrected chi connectivity index (χ4v) is 5.11. The van der Waals surface area contributed by atoms with Crippen molar-refractivity contribution < 1.29 is 19.4 Å². The van der Waals surface area contributed by atoms with Gasteiger partial charge in [-0.05, 0) is 49.2 Å². The van der Waals surface area contributed by atoms with E-state index in [0.29, 0.717) is 48.4 Å². The minimum absolute atomic E-state index is 0. The minimum atomic E-state index is -1.04. The molecule has 3 heterocycles. The molecular formula is C30H31ClN6O5. The predicted octanol–water partition coefficient (Wildman–Crippen LogP) is 3.32. The van der Waals surface area contributed by atoms with Gasteiger partial charge in [0.15, 0.2) is 0 Å². The number of rotatable bonds is 8. The summed E-state index contributed by atoms with van der Waals surface area (Å²) in [4.78, 5) is 44.7. The number of piperidine rings is 1. The van der Waals surface area contributed by atoms with Crippen LogP contribution in [0.15, 0.2) is 77.7 Å². The molecule has 0 spiro atoms. The van der Waals surface area contributed by atoms with Crippen LogP contribution in [0.4, 0.5) is 0 Å². The van der Waals surface area contributed by atoms with Crippen LogP contribution in [-0.2, 0) is 16.6 Å². The van der Waals surface area contributed by atoms with Gasteiger partial charge in [0.1, 0.15) is 18.0 Å². The molecule has 2 aromatic heterocycles. The number of ether oxygens (including phenoxy) is 1. The number of hydrogen-bond donors (Lipinski definition) is 3. The topological polar surface area (TPSA) is 157 Å². The largest absolute Gasteiger partial charge is 0.480 e. The van der Waals surface area contributed by atoms with Crippen molar-refractivity contribution in [3.63, 3.8) is 0 Å². The van der Waals surface area contributed by atoms with E-state index in [4.69, 9.17) is 21.0 Å². The van der Waals surface area contributed by atoms with Gasteiger partial charge in [0.2, 0.25) is 0 Å². The Bertz CT molecular complexity index is 1640. The summed E-state index contributed by atoms with van der Waals surface area (Å²) >= 11 is 0. The zero-order chi connectivity index (χ0) is 29.1. The molecule has 1 amide bonds. The summed E-state index contributed by atoms with van der Waals surface area (Å²) in [5.74, 6) is -1.52. The lowest BCUT2D eigenvalue weighted by Crippen LogP contribution is -2.42. The van der Waals surface area contributed by atoms with Crippen LogP contribution >= 0.6 is 12.4 Å². The Balaban J connectivity index is 0.00000405. The summed E-state index contributed by atoms with van der Waals surface area (Å²) in [7, 11) is 1.73. The number of carbonyl (C=O) groups is 2. The number of nitrogens with zero attached hydrogens (tertiary/aromatic N) is 4. The zero-order valence-corrected chi connectivity index (χ0v) is 23.7. The number of carboxylic acid groups (broad SMARTS) is 1. The van der Waals surface area contributed by atoms with Gasteiger partial charge in [0, 0.05) is 43.0 Å². The molecule has 11 nitrogen and oxygen atoms in total. The van der Waals surface area contributed by atoms with Crippen molar-refractivity contribution in [3.05, 3.63) is 94.4 Å². The van der Waals surface area contributed by atoms with Gasteiger partial charge < -0.3 is 20.5 Å². The molecule has 4 N–H and O–H groups in total. The molecule has 0 unspecified atom stereocenters. The van der Waals surface area contributed by atoms with Gasteiger partial charge in [-0.2, -0.15) is 0 Å². The second kappa shape index (κ2) is 12.8. The summed E-state index contributed by atoms with van der Waals surface area (Å²) in [6, 6.07) is 19.9. The number of carbonyl (C=O) groups excluding carboxylic acids is 1. The highest BCUT2D eigenvalue weighted by molar-refractivity contribution is 6.00. The summed E-state index contributed by atoms with van der Waals surface area (Å²) in [6.45, 7) is 0.286. The summed E-state index contributed by atoms with van der Waals surface area (Å²) in [5, 5.41) is 16.6. The molecule has 1 fully saturated rings. The van der Waals surface area contributed by atoms with Gasteiger partial charge in [0.05, 0.1) is 23.2 Å². The molecule has 1 saturated heterocycles. The Morgan fingerprint density at radius 2 is 1.67 bits per heavy atom. The standard InChI is InChI=1S/C30H30N6O5.ClH/c1-34-27(20-7-5-19(6-8-20)24-4-2-3-15-33-24)26(29(39)35-16-13-23(14-17-35)41-18-25(37)38)30(40)36(34)22-11-9-21(10-12-22)28(31)32;/h2-12,15,23H,13-14,16-18H2,1H3,(H3,31,32)(H,37,38);1H. The highest BCUT2D eigenvalue weighted by atomic mass is 35.5. The minimum Gasteiger partial charge on any atom is -0.480 e. The average molecular weight is 591 g/mol. The molecule has 5 rings (SSSR count). The molecule has 0 atom stereocenters.